The Morgan fingerprint density at radius 1 is 1.38 bits per heavy atom. The van der Waals surface area contributed by atoms with Crippen LogP contribution in [0.3, 0.4) is 0 Å². The normalized spacial score (nSPS) is 11.7. The van der Waals surface area contributed by atoms with Gasteiger partial charge in [-0.15, -0.1) is 11.3 Å². The highest BCUT2D eigenvalue weighted by atomic mass is 32.2. The number of H-pyrrole nitrogens is 1. The fourth-order valence-electron chi connectivity index (χ4n) is 2.35. The van der Waals surface area contributed by atoms with Crippen LogP contribution in [-0.2, 0) is 10.5 Å². The number of hydrogen-bond donors (Lipinski definition) is 2. The number of thiophene rings is 1. The second-order valence-corrected chi connectivity index (χ2v) is 7.31. The van der Waals surface area contributed by atoms with Gasteiger partial charge in [-0.2, -0.15) is 0 Å². The molecule has 7 nitrogen and oxygen atoms in total. The zero-order chi connectivity index (χ0) is 18.7. The van der Waals surface area contributed by atoms with Crippen molar-refractivity contribution in [3.05, 3.63) is 57.0 Å². The van der Waals surface area contributed by atoms with Crippen LogP contribution in [-0.4, -0.2) is 28.2 Å². The molecule has 0 saturated heterocycles. The maximum Gasteiger partial charge on any atom is 0.348 e. The number of nitrogens with zero attached hydrogens (tertiary/aromatic N) is 2. The zero-order valence-electron chi connectivity index (χ0n) is 14.1. The summed E-state index contributed by atoms with van der Waals surface area (Å²) in [5.74, 6) is 0.356. The number of aromatic amines is 1. The average molecular weight is 388 g/mol. The second kappa shape index (κ2) is 7.71. The number of aliphatic imine (C=N–C) groups is 1. The Balaban J connectivity index is 1.84. The number of fused-ring (bicyclic) bond motifs is 1. The van der Waals surface area contributed by atoms with Crippen LogP contribution in [0.15, 0.2) is 40.1 Å². The fraction of sp³-hybridized carbons (Fsp3) is 0.176. The Hall–Kier alpha value is -2.65. The van der Waals surface area contributed by atoms with E-state index in [9.17, 15) is 9.59 Å². The number of aryl methyl sites for hydroxylation is 1. The van der Waals surface area contributed by atoms with Gasteiger partial charge in [0.15, 0.2) is 5.17 Å². The lowest BCUT2D eigenvalue weighted by molar-refractivity contribution is 0.0605. The summed E-state index contributed by atoms with van der Waals surface area (Å²) in [6.45, 7) is 1.71. The molecule has 26 heavy (non-hydrogen) atoms. The topological polar surface area (TPSA) is 110 Å². The third-order valence-electron chi connectivity index (χ3n) is 3.57. The van der Waals surface area contributed by atoms with Crippen molar-refractivity contribution in [2.24, 2.45) is 10.7 Å². The molecule has 134 valence electrons. The van der Waals surface area contributed by atoms with Gasteiger partial charge in [0.2, 0.25) is 0 Å². The number of methoxy groups -OCH3 is 1. The molecule has 3 N–H and O–H groups in total. The van der Waals surface area contributed by atoms with E-state index < -0.39 is 5.97 Å². The van der Waals surface area contributed by atoms with Crippen LogP contribution in [0, 0.1) is 6.92 Å². The van der Waals surface area contributed by atoms with E-state index in [1.807, 2.05) is 30.3 Å². The van der Waals surface area contributed by atoms with E-state index in [1.54, 1.807) is 6.92 Å². The number of carbonyl (C=O) groups excluding carboxylic acids is 1. The van der Waals surface area contributed by atoms with Crippen molar-refractivity contribution >= 4 is 50.1 Å². The Morgan fingerprint density at radius 2 is 2.12 bits per heavy atom. The van der Waals surface area contributed by atoms with E-state index in [2.05, 4.69) is 15.0 Å². The monoisotopic (exact) mass is 388 g/mol. The predicted octanol–water partition coefficient (Wildman–Crippen LogP) is 2.96. The van der Waals surface area contributed by atoms with E-state index >= 15 is 0 Å². The summed E-state index contributed by atoms with van der Waals surface area (Å²) in [5, 5.41) is 0.784. The minimum atomic E-state index is -0.472. The highest BCUT2D eigenvalue weighted by Crippen LogP contribution is 2.28. The fourth-order valence-corrected chi connectivity index (χ4v) is 4.06. The van der Waals surface area contributed by atoms with Crippen molar-refractivity contribution in [1.29, 1.82) is 0 Å². The highest BCUT2D eigenvalue weighted by molar-refractivity contribution is 8.13. The summed E-state index contributed by atoms with van der Waals surface area (Å²) in [6.07, 6.45) is 0. The largest absolute Gasteiger partial charge is 0.465 e. The molecular formula is C17H16N4O3S2. The first-order chi connectivity index (χ1) is 12.5. The number of benzene rings is 1. The van der Waals surface area contributed by atoms with Crippen LogP contribution < -0.4 is 11.3 Å². The van der Waals surface area contributed by atoms with Crippen molar-refractivity contribution in [2.75, 3.05) is 7.11 Å². The number of nitrogens with two attached hydrogens (primary N) is 1. The Labute approximate surface area is 157 Å². The summed E-state index contributed by atoms with van der Waals surface area (Å²) >= 11 is 2.42. The predicted molar refractivity (Wildman–Crippen MR) is 105 cm³/mol. The van der Waals surface area contributed by atoms with Crippen molar-refractivity contribution < 1.29 is 9.53 Å². The molecule has 0 bridgehead atoms. The van der Waals surface area contributed by atoms with Gasteiger partial charge in [0, 0.05) is 0 Å². The number of esters is 1. The first-order valence-corrected chi connectivity index (χ1v) is 9.42. The van der Waals surface area contributed by atoms with Crippen LogP contribution >= 0.6 is 23.1 Å². The van der Waals surface area contributed by atoms with Gasteiger partial charge in [-0.1, -0.05) is 30.0 Å². The van der Waals surface area contributed by atoms with Crippen molar-refractivity contribution in [3.8, 4) is 0 Å². The summed E-state index contributed by atoms with van der Waals surface area (Å²) in [5.41, 5.74) is 6.97. The molecule has 0 amide bonds. The molecule has 0 fully saturated rings. The van der Waals surface area contributed by atoms with Gasteiger partial charge < -0.3 is 15.5 Å². The van der Waals surface area contributed by atoms with Gasteiger partial charge in [-0.25, -0.2) is 14.8 Å². The maximum atomic E-state index is 12.4. The van der Waals surface area contributed by atoms with E-state index in [0.717, 1.165) is 17.0 Å². The van der Waals surface area contributed by atoms with Gasteiger partial charge in [-0.05, 0) is 24.6 Å². The molecule has 9 heteroatoms. The Kier molecular flexibility index (Phi) is 5.38. The molecular weight excluding hydrogens is 372 g/mol. The average Bonchev–Trinajstić information content (AvgIpc) is 2.97. The second-order valence-electron chi connectivity index (χ2n) is 5.31. The van der Waals surface area contributed by atoms with Crippen molar-refractivity contribution in [3.63, 3.8) is 0 Å². The first-order valence-electron chi connectivity index (χ1n) is 7.62. The molecule has 0 spiro atoms. The van der Waals surface area contributed by atoms with E-state index in [1.165, 1.54) is 18.9 Å². The van der Waals surface area contributed by atoms with Crippen LogP contribution in [0.5, 0.6) is 0 Å². The minimum absolute atomic E-state index is 0.284. The number of nitrogens with one attached hydrogen (secondary N) is 1. The number of para-hydroxylation sites is 1. The number of aromatic nitrogens is 2. The third kappa shape index (κ3) is 3.78. The number of amidine groups is 1. The van der Waals surface area contributed by atoms with Crippen molar-refractivity contribution in [2.45, 2.75) is 12.7 Å². The molecule has 0 aliphatic heterocycles. The first kappa shape index (κ1) is 18.2. The van der Waals surface area contributed by atoms with Crippen LogP contribution in [0.1, 0.15) is 21.1 Å². The number of carbonyl (C=O) groups is 1. The Bertz CT molecular complexity index is 1040. The number of ether oxygens (including phenoxy) is 1. The summed E-state index contributed by atoms with van der Waals surface area (Å²) < 4.78 is 4.75. The quantitative estimate of drug-likeness (QED) is 0.404. The molecule has 0 saturated carbocycles. The summed E-state index contributed by atoms with van der Waals surface area (Å²) in [4.78, 5) is 36.5. The molecule has 3 rings (SSSR count). The smallest absolute Gasteiger partial charge is 0.348 e. The molecule has 0 aliphatic carbocycles. The minimum Gasteiger partial charge on any atom is -0.465 e. The maximum absolute atomic E-state index is 12.4. The third-order valence-corrected chi connectivity index (χ3v) is 5.54. The van der Waals surface area contributed by atoms with Crippen LogP contribution in [0.25, 0.3) is 10.2 Å². The van der Waals surface area contributed by atoms with Gasteiger partial charge in [0.05, 0.1) is 23.9 Å². The number of hydrogen-bond acceptors (Lipinski definition) is 7. The SMILES string of the molecule is COC(=O)c1sc2nc(CSC(N)=Nc3ccccc3)[nH]c(=O)c2c1C. The van der Waals surface area contributed by atoms with Crippen LogP contribution in [0.2, 0.25) is 0 Å². The molecule has 3 aromatic rings. The molecule has 1 aromatic carbocycles. The molecule has 2 aromatic heterocycles. The summed E-state index contributed by atoms with van der Waals surface area (Å²) in [7, 11) is 1.31. The molecule has 0 atom stereocenters. The Morgan fingerprint density at radius 3 is 2.81 bits per heavy atom. The zero-order valence-corrected chi connectivity index (χ0v) is 15.7. The standard InChI is InChI=1S/C17H16N4O3S2/c1-9-12-14(22)20-11(21-15(12)26-13(9)16(23)24-2)8-25-17(18)19-10-6-4-3-5-7-10/h3-7H,8H2,1-2H3,(H2,18,19)(H,20,21,22). The molecule has 0 aliphatic rings. The van der Waals surface area contributed by atoms with Gasteiger partial charge in [-0.3, -0.25) is 4.79 Å². The van der Waals surface area contributed by atoms with Gasteiger partial charge >= 0.3 is 5.97 Å². The van der Waals surface area contributed by atoms with Crippen LogP contribution in [0.4, 0.5) is 5.69 Å². The lowest BCUT2D eigenvalue weighted by Crippen LogP contribution is -2.13. The lowest BCUT2D eigenvalue weighted by atomic mass is 10.2. The van der Waals surface area contributed by atoms with E-state index in [-0.39, 0.29) is 5.56 Å². The molecule has 2 heterocycles. The number of rotatable bonds is 4. The molecule has 0 radical (unpaired) electrons. The van der Waals surface area contributed by atoms with Gasteiger partial charge in [0.25, 0.3) is 5.56 Å². The van der Waals surface area contributed by atoms with Crippen molar-refractivity contribution in [1.82, 2.24) is 9.97 Å². The lowest BCUT2D eigenvalue weighted by Gasteiger charge is -2.02. The van der Waals surface area contributed by atoms with Gasteiger partial charge in [0.1, 0.15) is 15.5 Å². The number of thioether (sulfide) groups is 1. The molecule has 0 unspecified atom stereocenters. The van der Waals surface area contributed by atoms with E-state index in [0.29, 0.717) is 37.4 Å². The highest BCUT2D eigenvalue weighted by Gasteiger charge is 2.19. The van der Waals surface area contributed by atoms with E-state index in [4.69, 9.17) is 10.5 Å². The summed E-state index contributed by atoms with van der Waals surface area (Å²) in [6, 6.07) is 9.35.